The fraction of sp³-hybridized carbons (Fsp3) is 0.833. The average molecular weight is 275 g/mol. The number of rotatable bonds is 6. The molecule has 0 amide bonds. The predicted molar refractivity (Wildman–Crippen MR) is 54.9 cm³/mol. The summed E-state index contributed by atoms with van der Waals surface area (Å²) in [5.41, 5.74) is 0. The van der Waals surface area contributed by atoms with Crippen LogP contribution in [0.15, 0.2) is 0 Å². The first-order chi connectivity index (χ1) is 6.94. The number of hydrogen-bond acceptors (Lipinski definition) is 6. The van der Waals surface area contributed by atoms with Crippen molar-refractivity contribution in [1.82, 2.24) is 4.72 Å². The molecule has 2 atom stereocenters. The molecular formula is C6H13NO7S2. The molecule has 0 heterocycles. The zero-order valence-electron chi connectivity index (χ0n) is 8.61. The molecule has 10 heteroatoms. The molecule has 0 rings (SSSR count). The number of carboxylic acid groups (broad SMARTS) is 1. The molecule has 0 aromatic rings. The highest BCUT2D eigenvalue weighted by Crippen LogP contribution is 1.99. The maximum absolute atomic E-state index is 11.2. The Balaban J connectivity index is 4.89. The van der Waals surface area contributed by atoms with Gasteiger partial charge < -0.3 is 10.2 Å². The van der Waals surface area contributed by atoms with Crippen LogP contribution in [0.2, 0.25) is 0 Å². The highest BCUT2D eigenvalue weighted by Gasteiger charge is 2.30. The minimum atomic E-state index is -4.31. The van der Waals surface area contributed by atoms with E-state index in [0.717, 1.165) is 6.92 Å². The fourth-order valence-corrected chi connectivity index (χ4v) is 4.08. The summed E-state index contributed by atoms with van der Waals surface area (Å²) in [4.78, 5) is 10.5. The van der Waals surface area contributed by atoms with Crippen molar-refractivity contribution in [3.05, 3.63) is 0 Å². The van der Waals surface area contributed by atoms with Gasteiger partial charge in [-0.05, 0) is 6.92 Å². The molecule has 0 saturated carbocycles. The molecule has 96 valence electrons. The minimum Gasteiger partial charge on any atom is -0.480 e. The molecule has 0 aromatic carbocycles. The number of sulfonamides is 1. The Morgan fingerprint density at radius 3 is 2.00 bits per heavy atom. The van der Waals surface area contributed by atoms with Crippen molar-refractivity contribution >= 4 is 25.8 Å². The Kier molecular flexibility index (Phi) is 4.85. The second kappa shape index (κ2) is 5.08. The van der Waals surface area contributed by atoms with Gasteiger partial charge in [-0.15, -0.1) is 0 Å². The van der Waals surface area contributed by atoms with E-state index in [9.17, 15) is 21.6 Å². The summed E-state index contributed by atoms with van der Waals surface area (Å²) in [7, 11) is -8.11. The van der Waals surface area contributed by atoms with Crippen LogP contribution in [0, 0.1) is 0 Å². The number of nitrogens with one attached hydrogen (secondary N) is 1. The third-order valence-electron chi connectivity index (χ3n) is 1.42. The van der Waals surface area contributed by atoms with Crippen molar-refractivity contribution in [2.45, 2.75) is 19.1 Å². The van der Waals surface area contributed by atoms with Crippen LogP contribution >= 0.6 is 0 Å². The maximum atomic E-state index is 11.2. The van der Waals surface area contributed by atoms with Gasteiger partial charge in [-0.1, -0.05) is 0 Å². The number of aliphatic carboxylic acids is 1. The van der Waals surface area contributed by atoms with Crippen LogP contribution < -0.4 is 4.72 Å². The van der Waals surface area contributed by atoms with Crippen LogP contribution in [0.4, 0.5) is 0 Å². The van der Waals surface area contributed by atoms with Gasteiger partial charge in [0.05, 0.1) is 6.10 Å². The molecule has 0 aromatic heterocycles. The van der Waals surface area contributed by atoms with E-state index in [-0.39, 0.29) is 0 Å². The summed E-state index contributed by atoms with van der Waals surface area (Å²) >= 11 is 0. The quantitative estimate of drug-likeness (QED) is 0.497. The van der Waals surface area contributed by atoms with Gasteiger partial charge in [-0.25, -0.2) is 16.8 Å². The molecule has 0 aliphatic carbocycles. The van der Waals surface area contributed by atoms with Crippen molar-refractivity contribution in [3.63, 3.8) is 0 Å². The van der Waals surface area contributed by atoms with E-state index in [2.05, 4.69) is 0 Å². The van der Waals surface area contributed by atoms with Gasteiger partial charge in [0.2, 0.25) is 10.0 Å². The second-order valence-electron chi connectivity index (χ2n) is 3.33. The largest absolute Gasteiger partial charge is 0.480 e. The van der Waals surface area contributed by atoms with Crippen molar-refractivity contribution < 1.29 is 31.8 Å². The van der Waals surface area contributed by atoms with Crippen LogP contribution in [-0.2, 0) is 24.7 Å². The Hall–Kier alpha value is -0.710. The SMILES string of the molecule is CC(O)C(NS(=O)(=O)CS(C)(=O)=O)C(=O)O. The van der Waals surface area contributed by atoms with E-state index in [0.29, 0.717) is 6.26 Å². The van der Waals surface area contributed by atoms with Gasteiger partial charge >= 0.3 is 5.97 Å². The first-order valence-electron chi connectivity index (χ1n) is 4.03. The number of aliphatic hydroxyl groups excluding tert-OH is 1. The zero-order chi connectivity index (χ0) is 13.1. The summed E-state index contributed by atoms with van der Waals surface area (Å²) in [6.07, 6.45) is -0.781. The van der Waals surface area contributed by atoms with Gasteiger partial charge in [0, 0.05) is 6.26 Å². The van der Waals surface area contributed by atoms with Crippen LogP contribution in [0.25, 0.3) is 0 Å². The number of hydrogen-bond donors (Lipinski definition) is 3. The first-order valence-corrected chi connectivity index (χ1v) is 7.74. The molecule has 16 heavy (non-hydrogen) atoms. The maximum Gasteiger partial charge on any atom is 0.324 e. The lowest BCUT2D eigenvalue weighted by atomic mass is 10.2. The Morgan fingerprint density at radius 2 is 1.75 bits per heavy atom. The summed E-state index contributed by atoms with van der Waals surface area (Å²) in [6, 6.07) is -1.77. The topological polar surface area (TPSA) is 138 Å². The van der Waals surface area contributed by atoms with Gasteiger partial charge in [-0.3, -0.25) is 4.79 Å². The normalized spacial score (nSPS) is 16.7. The van der Waals surface area contributed by atoms with Crippen molar-refractivity contribution in [3.8, 4) is 0 Å². The van der Waals surface area contributed by atoms with E-state index >= 15 is 0 Å². The van der Waals surface area contributed by atoms with Crippen LogP contribution in [0.5, 0.6) is 0 Å². The molecule has 3 N–H and O–H groups in total. The van der Waals surface area contributed by atoms with E-state index in [1.54, 1.807) is 4.72 Å². The molecule has 8 nitrogen and oxygen atoms in total. The molecule has 0 fully saturated rings. The summed E-state index contributed by atoms with van der Waals surface area (Å²) in [6.45, 7) is 1.07. The summed E-state index contributed by atoms with van der Waals surface area (Å²) in [5.74, 6) is -1.59. The molecule has 2 unspecified atom stereocenters. The molecule has 0 bridgehead atoms. The second-order valence-corrected chi connectivity index (χ2v) is 7.59. The van der Waals surface area contributed by atoms with E-state index in [1.165, 1.54) is 0 Å². The van der Waals surface area contributed by atoms with Crippen LogP contribution in [-0.4, -0.2) is 56.5 Å². The zero-order valence-corrected chi connectivity index (χ0v) is 10.2. The smallest absolute Gasteiger partial charge is 0.324 e. The number of carboxylic acids is 1. The standard InChI is InChI=1S/C6H13NO7S2/c1-4(8)5(6(9)10)7-16(13,14)3-15(2,11)12/h4-5,7-8H,3H2,1-2H3,(H,9,10). The lowest BCUT2D eigenvalue weighted by Gasteiger charge is -2.16. The highest BCUT2D eigenvalue weighted by atomic mass is 32.3. The Labute approximate surface area is 93.2 Å². The van der Waals surface area contributed by atoms with Gasteiger partial charge in [0.1, 0.15) is 6.04 Å². The molecule has 0 aliphatic heterocycles. The molecule has 0 spiro atoms. The van der Waals surface area contributed by atoms with Gasteiger partial charge in [0.15, 0.2) is 14.9 Å². The third-order valence-corrected chi connectivity index (χ3v) is 4.99. The lowest BCUT2D eigenvalue weighted by Crippen LogP contribution is -2.48. The van der Waals surface area contributed by atoms with Crippen molar-refractivity contribution in [2.24, 2.45) is 0 Å². The van der Waals surface area contributed by atoms with Crippen molar-refractivity contribution in [1.29, 1.82) is 0 Å². The minimum absolute atomic E-state index is 0.699. The monoisotopic (exact) mass is 275 g/mol. The first kappa shape index (κ1) is 15.3. The van der Waals surface area contributed by atoms with Crippen LogP contribution in [0.3, 0.4) is 0 Å². The highest BCUT2D eigenvalue weighted by molar-refractivity contribution is 8.06. The number of aliphatic hydroxyl groups is 1. The van der Waals surface area contributed by atoms with Gasteiger partial charge in [0.25, 0.3) is 0 Å². The number of sulfone groups is 1. The molecule has 0 saturated heterocycles. The fourth-order valence-electron chi connectivity index (χ4n) is 0.865. The summed E-state index contributed by atoms with van der Waals surface area (Å²) in [5, 5.41) is 16.3. The predicted octanol–water partition coefficient (Wildman–Crippen LogP) is -2.26. The van der Waals surface area contributed by atoms with Crippen molar-refractivity contribution in [2.75, 3.05) is 11.3 Å². The summed E-state index contributed by atoms with van der Waals surface area (Å²) < 4.78 is 45.5. The third kappa shape index (κ3) is 6.00. The number of carbonyl (C=O) groups is 1. The van der Waals surface area contributed by atoms with E-state index in [1.807, 2.05) is 0 Å². The van der Waals surface area contributed by atoms with Crippen LogP contribution in [0.1, 0.15) is 6.92 Å². The Bertz CT molecular complexity index is 449. The lowest BCUT2D eigenvalue weighted by molar-refractivity contribution is -0.141. The molecular weight excluding hydrogens is 262 g/mol. The van der Waals surface area contributed by atoms with Gasteiger partial charge in [-0.2, -0.15) is 4.72 Å². The Morgan fingerprint density at radius 1 is 1.31 bits per heavy atom. The average Bonchev–Trinajstić information content (AvgIpc) is 1.94. The van der Waals surface area contributed by atoms with E-state index < -0.39 is 43.1 Å². The molecule has 0 aliphatic rings. The molecule has 0 radical (unpaired) electrons. The van der Waals surface area contributed by atoms with E-state index in [4.69, 9.17) is 10.2 Å².